The van der Waals surface area contributed by atoms with Crippen LogP contribution in [0.25, 0.3) is 0 Å². The zero-order chi connectivity index (χ0) is 18.9. The van der Waals surface area contributed by atoms with E-state index in [0.717, 1.165) is 56.7 Å². The van der Waals surface area contributed by atoms with Crippen LogP contribution in [-0.2, 0) is 11.3 Å². The van der Waals surface area contributed by atoms with Gasteiger partial charge in [-0.25, -0.2) is 4.99 Å². The number of carbonyl (C=O) groups is 1. The van der Waals surface area contributed by atoms with Gasteiger partial charge in [0, 0.05) is 58.4 Å². The number of piperazine rings is 1. The Hall–Kier alpha value is -1.79. The van der Waals surface area contributed by atoms with E-state index in [2.05, 4.69) is 39.2 Å². The van der Waals surface area contributed by atoms with Gasteiger partial charge in [-0.1, -0.05) is 30.7 Å². The number of amides is 1. The summed E-state index contributed by atoms with van der Waals surface area (Å²) in [5.41, 5.74) is 1.28. The maximum absolute atomic E-state index is 11.8. The molecule has 0 aromatic heterocycles. The van der Waals surface area contributed by atoms with Gasteiger partial charge in [0.2, 0.25) is 5.91 Å². The monoisotopic (exact) mass is 379 g/mol. The van der Waals surface area contributed by atoms with E-state index in [1.54, 1.807) is 19.0 Å². The molecule has 1 heterocycles. The van der Waals surface area contributed by atoms with Gasteiger partial charge in [-0.3, -0.25) is 9.69 Å². The normalized spacial score (nSPS) is 15.8. The molecule has 0 radical (unpaired) electrons. The topological polar surface area (TPSA) is 51.2 Å². The minimum atomic E-state index is 0.0159. The fraction of sp³-hybridized carbons (Fsp3) is 0.579. The molecule has 1 aromatic rings. The SMILES string of the molecule is CCCNC(=NCC(=O)N(C)C)N1CCN(Cc2ccc(Cl)cc2)CC1. The van der Waals surface area contributed by atoms with Crippen LogP contribution < -0.4 is 5.32 Å². The number of hydrogen-bond donors (Lipinski definition) is 1. The molecule has 1 fully saturated rings. The lowest BCUT2D eigenvalue weighted by molar-refractivity contribution is -0.127. The molecule has 1 N–H and O–H groups in total. The van der Waals surface area contributed by atoms with E-state index in [9.17, 15) is 4.79 Å². The molecule has 0 saturated carbocycles. The Morgan fingerprint density at radius 3 is 2.42 bits per heavy atom. The number of hydrogen-bond acceptors (Lipinski definition) is 3. The van der Waals surface area contributed by atoms with Crippen LogP contribution >= 0.6 is 11.6 Å². The van der Waals surface area contributed by atoms with E-state index in [1.807, 2.05) is 12.1 Å². The van der Waals surface area contributed by atoms with Crippen LogP contribution in [0.15, 0.2) is 29.3 Å². The van der Waals surface area contributed by atoms with Gasteiger partial charge in [-0.05, 0) is 24.1 Å². The Morgan fingerprint density at radius 1 is 1.19 bits per heavy atom. The molecule has 0 bridgehead atoms. The molecule has 0 atom stereocenters. The zero-order valence-electron chi connectivity index (χ0n) is 16.0. The summed E-state index contributed by atoms with van der Waals surface area (Å²) >= 11 is 5.95. The van der Waals surface area contributed by atoms with E-state index >= 15 is 0 Å². The fourth-order valence-corrected chi connectivity index (χ4v) is 2.88. The van der Waals surface area contributed by atoms with Crippen LogP contribution in [0.4, 0.5) is 0 Å². The molecule has 1 amide bonds. The predicted molar refractivity (Wildman–Crippen MR) is 108 cm³/mol. The first-order valence-corrected chi connectivity index (χ1v) is 9.57. The van der Waals surface area contributed by atoms with Crippen LogP contribution in [-0.4, -0.2) is 79.9 Å². The second-order valence-corrected chi connectivity index (χ2v) is 7.18. The summed E-state index contributed by atoms with van der Waals surface area (Å²) in [6, 6.07) is 8.04. The second-order valence-electron chi connectivity index (χ2n) is 6.74. The number of carbonyl (C=O) groups excluding carboxylic acids is 1. The average Bonchev–Trinajstić information content (AvgIpc) is 2.64. The molecule has 0 spiro atoms. The van der Waals surface area contributed by atoms with Crippen molar-refractivity contribution < 1.29 is 4.79 Å². The van der Waals surface area contributed by atoms with Gasteiger partial charge < -0.3 is 15.1 Å². The average molecular weight is 380 g/mol. The Morgan fingerprint density at radius 2 is 1.85 bits per heavy atom. The first-order chi connectivity index (χ1) is 12.5. The van der Waals surface area contributed by atoms with E-state index in [1.165, 1.54) is 5.56 Å². The number of likely N-dealkylation sites (N-methyl/N-ethyl adjacent to an activating group) is 1. The van der Waals surface area contributed by atoms with Crippen LogP contribution in [0.5, 0.6) is 0 Å². The Labute approximate surface area is 161 Å². The van der Waals surface area contributed by atoms with Crippen molar-refractivity contribution in [2.24, 2.45) is 4.99 Å². The third kappa shape index (κ3) is 6.50. The minimum absolute atomic E-state index is 0.0159. The molecule has 2 rings (SSSR count). The van der Waals surface area contributed by atoms with Crippen molar-refractivity contribution in [1.82, 2.24) is 20.0 Å². The number of guanidine groups is 1. The molecule has 7 heteroatoms. The molecule has 1 aliphatic heterocycles. The van der Waals surface area contributed by atoms with Crippen molar-refractivity contribution in [3.8, 4) is 0 Å². The second kappa shape index (κ2) is 10.4. The standard InChI is InChI=1S/C19H30ClN5O/c1-4-9-21-19(22-14-18(26)23(2)3)25-12-10-24(11-13-25)15-16-5-7-17(20)8-6-16/h5-8H,4,9-15H2,1-3H3,(H,21,22). The third-order valence-electron chi connectivity index (χ3n) is 4.39. The molecular weight excluding hydrogens is 350 g/mol. The van der Waals surface area contributed by atoms with Gasteiger partial charge in [0.05, 0.1) is 0 Å². The van der Waals surface area contributed by atoms with Crippen molar-refractivity contribution >= 4 is 23.5 Å². The van der Waals surface area contributed by atoms with Crippen LogP contribution in [0.1, 0.15) is 18.9 Å². The van der Waals surface area contributed by atoms with Crippen molar-refractivity contribution in [3.63, 3.8) is 0 Å². The van der Waals surface area contributed by atoms with Crippen molar-refractivity contribution in [1.29, 1.82) is 0 Å². The van der Waals surface area contributed by atoms with Crippen LogP contribution in [0, 0.1) is 0 Å². The summed E-state index contributed by atoms with van der Waals surface area (Å²) in [6.45, 7) is 7.84. The van der Waals surface area contributed by atoms with E-state index < -0.39 is 0 Å². The number of halogens is 1. The molecule has 6 nitrogen and oxygen atoms in total. The van der Waals surface area contributed by atoms with Crippen molar-refractivity contribution in [3.05, 3.63) is 34.9 Å². The van der Waals surface area contributed by atoms with Crippen LogP contribution in [0.2, 0.25) is 5.02 Å². The summed E-state index contributed by atoms with van der Waals surface area (Å²) in [5.74, 6) is 0.857. The maximum atomic E-state index is 11.8. The minimum Gasteiger partial charge on any atom is -0.356 e. The fourth-order valence-electron chi connectivity index (χ4n) is 2.75. The lowest BCUT2D eigenvalue weighted by Crippen LogP contribution is -2.52. The Kier molecular flexibility index (Phi) is 8.19. The molecule has 26 heavy (non-hydrogen) atoms. The number of aliphatic imine (C=N–C) groups is 1. The van der Waals surface area contributed by atoms with Gasteiger partial charge in [-0.15, -0.1) is 0 Å². The molecular formula is C19H30ClN5O. The van der Waals surface area contributed by atoms with E-state index in [4.69, 9.17) is 11.6 Å². The van der Waals surface area contributed by atoms with Gasteiger partial charge in [0.15, 0.2) is 5.96 Å². The lowest BCUT2D eigenvalue weighted by atomic mass is 10.2. The lowest BCUT2D eigenvalue weighted by Gasteiger charge is -2.36. The summed E-state index contributed by atoms with van der Waals surface area (Å²) in [7, 11) is 3.51. The van der Waals surface area contributed by atoms with Crippen molar-refractivity contribution in [2.45, 2.75) is 19.9 Å². The number of nitrogens with zero attached hydrogens (tertiary/aromatic N) is 4. The molecule has 1 aromatic carbocycles. The predicted octanol–water partition coefficient (Wildman–Crippen LogP) is 1.90. The van der Waals surface area contributed by atoms with Crippen LogP contribution in [0.3, 0.4) is 0 Å². The highest BCUT2D eigenvalue weighted by Gasteiger charge is 2.20. The smallest absolute Gasteiger partial charge is 0.243 e. The third-order valence-corrected chi connectivity index (χ3v) is 4.64. The molecule has 0 unspecified atom stereocenters. The van der Waals surface area contributed by atoms with E-state index in [0.29, 0.717) is 0 Å². The largest absolute Gasteiger partial charge is 0.356 e. The number of benzene rings is 1. The number of nitrogens with one attached hydrogen (secondary N) is 1. The summed E-state index contributed by atoms with van der Waals surface area (Å²) in [6.07, 6.45) is 1.02. The molecule has 1 saturated heterocycles. The highest BCUT2D eigenvalue weighted by molar-refractivity contribution is 6.30. The van der Waals surface area contributed by atoms with Gasteiger partial charge in [-0.2, -0.15) is 0 Å². The summed E-state index contributed by atoms with van der Waals surface area (Å²) in [4.78, 5) is 22.6. The summed E-state index contributed by atoms with van der Waals surface area (Å²) in [5, 5.41) is 4.15. The molecule has 144 valence electrons. The quantitative estimate of drug-likeness (QED) is 0.606. The summed E-state index contributed by atoms with van der Waals surface area (Å²) < 4.78 is 0. The Bertz CT molecular complexity index is 594. The zero-order valence-corrected chi connectivity index (χ0v) is 16.8. The van der Waals surface area contributed by atoms with Crippen molar-refractivity contribution in [2.75, 3.05) is 53.4 Å². The highest BCUT2D eigenvalue weighted by Crippen LogP contribution is 2.13. The van der Waals surface area contributed by atoms with Gasteiger partial charge >= 0.3 is 0 Å². The van der Waals surface area contributed by atoms with E-state index in [-0.39, 0.29) is 12.5 Å². The highest BCUT2D eigenvalue weighted by atomic mass is 35.5. The Balaban J connectivity index is 1.89. The molecule has 0 aliphatic carbocycles. The first kappa shape index (κ1) is 20.5. The van der Waals surface area contributed by atoms with Gasteiger partial charge in [0.1, 0.15) is 6.54 Å². The maximum Gasteiger partial charge on any atom is 0.243 e. The number of rotatable bonds is 6. The first-order valence-electron chi connectivity index (χ1n) is 9.19. The van der Waals surface area contributed by atoms with Gasteiger partial charge in [0.25, 0.3) is 0 Å². The molecule has 1 aliphatic rings.